The SMILES string of the molecule is C=C/C(C)=C\C=N/N1CCC(F)(F)C1. The second kappa shape index (κ2) is 4.35. The number of hydrazone groups is 1. The summed E-state index contributed by atoms with van der Waals surface area (Å²) in [5, 5.41) is 5.29. The summed E-state index contributed by atoms with van der Waals surface area (Å²) in [5.41, 5.74) is 0.958. The Bertz CT molecular complexity index is 269. The summed E-state index contributed by atoms with van der Waals surface area (Å²) in [4.78, 5) is 0. The maximum Gasteiger partial charge on any atom is 0.268 e. The molecule has 4 heteroatoms. The molecule has 0 aliphatic carbocycles. The Labute approximate surface area is 82.6 Å². The van der Waals surface area contributed by atoms with E-state index >= 15 is 0 Å². The number of halogens is 2. The molecule has 0 aromatic heterocycles. The minimum Gasteiger partial charge on any atom is -0.291 e. The van der Waals surface area contributed by atoms with Crippen molar-refractivity contribution in [3.8, 4) is 0 Å². The second-order valence-electron chi connectivity index (χ2n) is 3.37. The third-order valence-corrected chi connectivity index (χ3v) is 2.04. The molecule has 0 saturated carbocycles. The van der Waals surface area contributed by atoms with Crippen molar-refractivity contribution in [2.45, 2.75) is 19.3 Å². The minimum absolute atomic E-state index is 0.103. The molecule has 2 nitrogen and oxygen atoms in total. The van der Waals surface area contributed by atoms with Crippen LogP contribution in [0.25, 0.3) is 0 Å². The van der Waals surface area contributed by atoms with E-state index in [-0.39, 0.29) is 13.0 Å². The molecule has 1 aliphatic heterocycles. The van der Waals surface area contributed by atoms with Gasteiger partial charge in [0.2, 0.25) is 0 Å². The van der Waals surface area contributed by atoms with Crippen molar-refractivity contribution in [3.63, 3.8) is 0 Å². The number of hydrogen-bond donors (Lipinski definition) is 0. The number of rotatable bonds is 3. The van der Waals surface area contributed by atoms with Crippen molar-refractivity contribution >= 4 is 6.21 Å². The van der Waals surface area contributed by atoms with Gasteiger partial charge in [0, 0.05) is 19.2 Å². The summed E-state index contributed by atoms with van der Waals surface area (Å²) >= 11 is 0. The van der Waals surface area contributed by atoms with E-state index in [4.69, 9.17) is 0 Å². The summed E-state index contributed by atoms with van der Waals surface area (Å²) in [6, 6.07) is 0. The molecule has 0 unspecified atom stereocenters. The lowest BCUT2D eigenvalue weighted by Gasteiger charge is -2.10. The molecule has 1 heterocycles. The molecule has 1 aliphatic rings. The number of allylic oxidation sites excluding steroid dienone is 3. The lowest BCUT2D eigenvalue weighted by Crippen LogP contribution is -2.20. The van der Waals surface area contributed by atoms with Crippen LogP contribution < -0.4 is 0 Å². The Kier molecular flexibility index (Phi) is 3.38. The average molecular weight is 200 g/mol. The largest absolute Gasteiger partial charge is 0.291 e. The van der Waals surface area contributed by atoms with Crippen molar-refractivity contribution in [2.75, 3.05) is 13.1 Å². The highest BCUT2D eigenvalue weighted by Gasteiger charge is 2.37. The van der Waals surface area contributed by atoms with Crippen LogP contribution in [-0.2, 0) is 0 Å². The van der Waals surface area contributed by atoms with E-state index in [0.29, 0.717) is 6.54 Å². The first-order valence-electron chi connectivity index (χ1n) is 4.49. The molecule has 14 heavy (non-hydrogen) atoms. The molecule has 0 amide bonds. The first kappa shape index (κ1) is 10.9. The molecular weight excluding hydrogens is 186 g/mol. The van der Waals surface area contributed by atoms with Crippen LogP contribution in [0.2, 0.25) is 0 Å². The Morgan fingerprint density at radius 2 is 2.29 bits per heavy atom. The van der Waals surface area contributed by atoms with Crippen molar-refractivity contribution < 1.29 is 8.78 Å². The van der Waals surface area contributed by atoms with Crippen molar-refractivity contribution in [1.29, 1.82) is 0 Å². The van der Waals surface area contributed by atoms with Crippen LogP contribution in [0.3, 0.4) is 0 Å². The van der Waals surface area contributed by atoms with Gasteiger partial charge in [-0.2, -0.15) is 5.10 Å². The van der Waals surface area contributed by atoms with E-state index in [9.17, 15) is 8.78 Å². The van der Waals surface area contributed by atoms with Crippen molar-refractivity contribution in [3.05, 3.63) is 24.3 Å². The van der Waals surface area contributed by atoms with E-state index in [1.807, 2.05) is 6.92 Å². The molecule has 0 atom stereocenters. The summed E-state index contributed by atoms with van der Waals surface area (Å²) in [5.74, 6) is -2.57. The number of alkyl halides is 2. The molecule has 0 aromatic carbocycles. The lowest BCUT2D eigenvalue weighted by molar-refractivity contribution is 0.0126. The minimum atomic E-state index is -2.57. The standard InChI is InChI=1S/C10H14F2N2/c1-3-9(2)4-6-13-14-7-5-10(11,12)8-14/h3-4,6H,1,5,7-8H2,2H3/b9-4-,13-6-. The molecule has 0 aromatic rings. The molecule has 0 N–H and O–H groups in total. The van der Waals surface area contributed by atoms with E-state index in [0.717, 1.165) is 5.57 Å². The van der Waals surface area contributed by atoms with Crippen molar-refractivity contribution in [2.24, 2.45) is 5.10 Å². The maximum absolute atomic E-state index is 12.7. The van der Waals surface area contributed by atoms with Gasteiger partial charge in [0.15, 0.2) is 0 Å². The zero-order chi connectivity index (χ0) is 10.6. The fourth-order valence-electron chi connectivity index (χ4n) is 1.13. The van der Waals surface area contributed by atoms with Crippen LogP contribution in [0, 0.1) is 0 Å². The Hall–Kier alpha value is -1.19. The van der Waals surface area contributed by atoms with Gasteiger partial charge in [-0.15, -0.1) is 0 Å². The highest BCUT2D eigenvalue weighted by atomic mass is 19.3. The fourth-order valence-corrected chi connectivity index (χ4v) is 1.13. The molecule has 1 saturated heterocycles. The molecule has 0 spiro atoms. The van der Waals surface area contributed by atoms with E-state index in [2.05, 4.69) is 11.7 Å². The van der Waals surface area contributed by atoms with Gasteiger partial charge in [0.1, 0.15) is 0 Å². The predicted molar refractivity (Wildman–Crippen MR) is 53.6 cm³/mol. The third-order valence-electron chi connectivity index (χ3n) is 2.04. The third kappa shape index (κ3) is 3.28. The van der Waals surface area contributed by atoms with Gasteiger partial charge in [-0.3, -0.25) is 5.01 Å². The Balaban J connectivity index is 2.43. The molecule has 0 radical (unpaired) electrons. The molecule has 0 bridgehead atoms. The van der Waals surface area contributed by atoms with Gasteiger partial charge in [0.05, 0.1) is 6.54 Å². The van der Waals surface area contributed by atoms with E-state index < -0.39 is 5.92 Å². The van der Waals surface area contributed by atoms with E-state index in [1.165, 1.54) is 11.2 Å². The zero-order valence-electron chi connectivity index (χ0n) is 8.21. The Morgan fingerprint density at radius 3 is 2.79 bits per heavy atom. The zero-order valence-corrected chi connectivity index (χ0v) is 8.21. The van der Waals surface area contributed by atoms with Crippen LogP contribution in [0.5, 0.6) is 0 Å². The monoisotopic (exact) mass is 200 g/mol. The highest BCUT2D eigenvalue weighted by Crippen LogP contribution is 2.26. The fraction of sp³-hybridized carbons (Fsp3) is 0.500. The summed E-state index contributed by atoms with van der Waals surface area (Å²) in [7, 11) is 0. The topological polar surface area (TPSA) is 15.6 Å². The average Bonchev–Trinajstić information content (AvgIpc) is 2.45. The Morgan fingerprint density at radius 1 is 1.57 bits per heavy atom. The molecular formula is C10H14F2N2. The van der Waals surface area contributed by atoms with Gasteiger partial charge in [-0.05, 0) is 13.0 Å². The summed E-state index contributed by atoms with van der Waals surface area (Å²) in [6.07, 6.45) is 4.85. The van der Waals surface area contributed by atoms with Crippen LogP contribution in [-0.4, -0.2) is 30.2 Å². The highest BCUT2D eigenvalue weighted by molar-refractivity contribution is 5.72. The van der Waals surface area contributed by atoms with Gasteiger partial charge in [-0.25, -0.2) is 8.78 Å². The van der Waals surface area contributed by atoms with E-state index in [1.54, 1.807) is 12.2 Å². The molecule has 78 valence electrons. The molecule has 1 rings (SSSR count). The van der Waals surface area contributed by atoms with Gasteiger partial charge >= 0.3 is 0 Å². The lowest BCUT2D eigenvalue weighted by atomic mass is 10.3. The predicted octanol–water partition coefficient (Wildman–Crippen LogP) is 2.45. The van der Waals surface area contributed by atoms with Gasteiger partial charge < -0.3 is 0 Å². The smallest absolute Gasteiger partial charge is 0.268 e. The first-order chi connectivity index (χ1) is 6.53. The quantitative estimate of drug-likeness (QED) is 0.504. The van der Waals surface area contributed by atoms with Crippen LogP contribution in [0.1, 0.15) is 13.3 Å². The van der Waals surface area contributed by atoms with Crippen molar-refractivity contribution in [1.82, 2.24) is 5.01 Å². The number of nitrogens with zero attached hydrogens (tertiary/aromatic N) is 2. The van der Waals surface area contributed by atoms with Crippen LogP contribution in [0.15, 0.2) is 29.4 Å². The van der Waals surface area contributed by atoms with Crippen LogP contribution >= 0.6 is 0 Å². The van der Waals surface area contributed by atoms with Gasteiger partial charge in [0.25, 0.3) is 5.92 Å². The normalized spacial score (nSPS) is 21.9. The maximum atomic E-state index is 12.7. The second-order valence-corrected chi connectivity index (χ2v) is 3.37. The summed E-state index contributed by atoms with van der Waals surface area (Å²) in [6.45, 7) is 5.49. The first-order valence-corrected chi connectivity index (χ1v) is 4.49. The van der Waals surface area contributed by atoms with Crippen LogP contribution in [0.4, 0.5) is 8.78 Å². The summed E-state index contributed by atoms with van der Waals surface area (Å²) < 4.78 is 25.4. The molecule has 1 fully saturated rings. The number of hydrogen-bond acceptors (Lipinski definition) is 2. The van der Waals surface area contributed by atoms with Gasteiger partial charge in [-0.1, -0.05) is 18.2 Å².